The molecule has 0 aromatic heterocycles. The summed E-state index contributed by atoms with van der Waals surface area (Å²) in [6.45, 7) is 0. The Morgan fingerprint density at radius 2 is 1.12 bits per heavy atom. The van der Waals surface area contributed by atoms with Gasteiger partial charge in [-0.3, -0.25) is 0 Å². The molecule has 4 rings (SSSR count). The summed E-state index contributed by atoms with van der Waals surface area (Å²) >= 11 is 0. The average molecular weight is 429 g/mol. The van der Waals surface area contributed by atoms with Crippen molar-refractivity contribution in [2.75, 3.05) is 26.2 Å². The molecular formula is C27H28N2O3. The third kappa shape index (κ3) is 4.34. The highest BCUT2D eigenvalue weighted by Gasteiger charge is 2.27. The number of anilines is 2. The standard InChI is InChI=1S/C27H28N2O3/c1-30-24-10-4-20(5-11-24)27(28)18-16-23(17-19-27)29(21-6-12-25(31-2)13-7-21)22-8-14-26(32-3)15-9-22/h4-18H,19,28H2,1-3H3. The SMILES string of the molecule is COc1ccc(N(C2=CCC(N)(c3ccc(OC)cc3)C=C2)c2ccc(OC)cc2)cc1. The second-order valence-electron chi connectivity index (χ2n) is 7.67. The van der Waals surface area contributed by atoms with Crippen LogP contribution in [0.1, 0.15) is 12.0 Å². The van der Waals surface area contributed by atoms with Crippen molar-refractivity contribution in [1.82, 2.24) is 0 Å². The van der Waals surface area contributed by atoms with E-state index < -0.39 is 5.54 Å². The van der Waals surface area contributed by atoms with Crippen molar-refractivity contribution in [2.24, 2.45) is 5.73 Å². The Labute approximate surface area is 189 Å². The number of benzene rings is 3. The Kier molecular flexibility index (Phi) is 6.19. The lowest BCUT2D eigenvalue weighted by Gasteiger charge is -2.33. The zero-order chi connectivity index (χ0) is 22.6. The Bertz CT molecular complexity index is 1060. The lowest BCUT2D eigenvalue weighted by atomic mass is 9.84. The molecule has 0 aliphatic heterocycles. The van der Waals surface area contributed by atoms with E-state index in [0.717, 1.165) is 39.9 Å². The van der Waals surface area contributed by atoms with Gasteiger partial charge in [-0.1, -0.05) is 24.3 Å². The van der Waals surface area contributed by atoms with Crippen LogP contribution in [0.3, 0.4) is 0 Å². The van der Waals surface area contributed by atoms with Crippen molar-refractivity contribution < 1.29 is 14.2 Å². The van der Waals surface area contributed by atoms with E-state index >= 15 is 0 Å². The number of nitrogens with two attached hydrogens (primary N) is 1. The predicted octanol–water partition coefficient (Wildman–Crippen LogP) is 5.55. The molecule has 0 bridgehead atoms. The molecule has 1 atom stereocenters. The van der Waals surface area contributed by atoms with Crippen LogP contribution >= 0.6 is 0 Å². The minimum absolute atomic E-state index is 0.568. The number of nitrogens with zero attached hydrogens (tertiary/aromatic N) is 1. The number of hydrogen-bond donors (Lipinski definition) is 1. The van der Waals surface area contributed by atoms with Gasteiger partial charge in [-0.25, -0.2) is 0 Å². The summed E-state index contributed by atoms with van der Waals surface area (Å²) in [5, 5.41) is 0. The molecule has 1 unspecified atom stereocenters. The molecule has 3 aromatic rings. The summed E-state index contributed by atoms with van der Waals surface area (Å²) in [6, 6.07) is 24.0. The molecule has 164 valence electrons. The molecule has 5 heteroatoms. The maximum atomic E-state index is 6.76. The van der Waals surface area contributed by atoms with Gasteiger partial charge in [0.2, 0.25) is 0 Å². The van der Waals surface area contributed by atoms with Gasteiger partial charge in [-0.05, 0) is 78.7 Å². The van der Waals surface area contributed by atoms with Crippen LogP contribution in [0, 0.1) is 0 Å². The number of ether oxygens (including phenoxy) is 3. The van der Waals surface area contributed by atoms with Gasteiger partial charge < -0.3 is 24.8 Å². The molecule has 32 heavy (non-hydrogen) atoms. The minimum Gasteiger partial charge on any atom is -0.497 e. The third-order valence-electron chi connectivity index (χ3n) is 5.75. The van der Waals surface area contributed by atoms with Gasteiger partial charge in [-0.2, -0.15) is 0 Å². The first-order valence-corrected chi connectivity index (χ1v) is 10.5. The Balaban J connectivity index is 1.67. The summed E-state index contributed by atoms with van der Waals surface area (Å²) in [7, 11) is 5.00. The van der Waals surface area contributed by atoms with Crippen molar-refractivity contribution in [2.45, 2.75) is 12.0 Å². The number of allylic oxidation sites excluding steroid dienone is 1. The van der Waals surface area contributed by atoms with E-state index in [-0.39, 0.29) is 0 Å². The van der Waals surface area contributed by atoms with E-state index in [1.807, 2.05) is 72.8 Å². The summed E-state index contributed by atoms with van der Waals surface area (Å²) < 4.78 is 15.9. The van der Waals surface area contributed by atoms with Crippen molar-refractivity contribution in [3.63, 3.8) is 0 Å². The molecule has 0 saturated heterocycles. The second kappa shape index (κ2) is 9.20. The van der Waals surface area contributed by atoms with Crippen molar-refractivity contribution in [3.05, 3.63) is 102 Å². The van der Waals surface area contributed by atoms with Crippen molar-refractivity contribution >= 4 is 11.4 Å². The number of hydrogen-bond acceptors (Lipinski definition) is 5. The van der Waals surface area contributed by atoms with Crippen molar-refractivity contribution in [1.29, 1.82) is 0 Å². The van der Waals surface area contributed by atoms with Crippen LogP contribution in [-0.4, -0.2) is 21.3 Å². The highest BCUT2D eigenvalue weighted by molar-refractivity contribution is 5.71. The summed E-state index contributed by atoms with van der Waals surface area (Å²) in [5.74, 6) is 2.45. The molecule has 2 N–H and O–H groups in total. The molecule has 0 radical (unpaired) electrons. The fourth-order valence-electron chi connectivity index (χ4n) is 3.83. The molecule has 5 nitrogen and oxygen atoms in total. The molecule has 0 heterocycles. The van der Waals surface area contributed by atoms with Crippen LogP contribution in [0.5, 0.6) is 17.2 Å². The van der Waals surface area contributed by atoms with E-state index in [1.165, 1.54) is 0 Å². The van der Waals surface area contributed by atoms with E-state index in [4.69, 9.17) is 19.9 Å². The lowest BCUT2D eigenvalue weighted by molar-refractivity contribution is 0.414. The fourth-order valence-corrected chi connectivity index (χ4v) is 3.83. The highest BCUT2D eigenvalue weighted by Crippen LogP contribution is 2.37. The largest absolute Gasteiger partial charge is 0.497 e. The molecule has 1 aliphatic rings. The van der Waals surface area contributed by atoms with Gasteiger partial charge in [-0.15, -0.1) is 0 Å². The quantitative estimate of drug-likeness (QED) is 0.535. The normalized spacial score (nSPS) is 17.4. The first kappa shape index (κ1) is 21.5. The van der Waals surface area contributed by atoms with E-state index in [2.05, 4.69) is 23.1 Å². The first-order valence-electron chi connectivity index (χ1n) is 10.5. The molecule has 1 aliphatic carbocycles. The molecule has 0 fully saturated rings. The summed E-state index contributed by atoms with van der Waals surface area (Å²) in [4.78, 5) is 2.20. The molecule has 3 aromatic carbocycles. The van der Waals surface area contributed by atoms with Crippen molar-refractivity contribution in [3.8, 4) is 17.2 Å². The van der Waals surface area contributed by atoms with Gasteiger partial charge >= 0.3 is 0 Å². The summed E-state index contributed by atoms with van der Waals surface area (Å²) in [5.41, 5.74) is 10.3. The van der Waals surface area contributed by atoms with Gasteiger partial charge in [0.15, 0.2) is 0 Å². The Morgan fingerprint density at radius 1 is 0.688 bits per heavy atom. The fraction of sp³-hybridized carbons (Fsp3) is 0.185. The molecule has 0 amide bonds. The van der Waals surface area contributed by atoms with E-state index in [9.17, 15) is 0 Å². The topological polar surface area (TPSA) is 57.0 Å². The Hall–Kier alpha value is -3.70. The second-order valence-corrected chi connectivity index (χ2v) is 7.67. The van der Waals surface area contributed by atoms with E-state index in [1.54, 1.807) is 21.3 Å². The number of methoxy groups -OCH3 is 3. The van der Waals surface area contributed by atoms with Crippen LogP contribution in [0.2, 0.25) is 0 Å². The maximum absolute atomic E-state index is 6.76. The molecule has 0 spiro atoms. The smallest absolute Gasteiger partial charge is 0.119 e. The van der Waals surface area contributed by atoms with Gasteiger partial charge in [0.25, 0.3) is 0 Å². The molecule has 0 saturated carbocycles. The lowest BCUT2D eigenvalue weighted by Crippen LogP contribution is -2.36. The average Bonchev–Trinajstić information content (AvgIpc) is 2.86. The zero-order valence-corrected chi connectivity index (χ0v) is 18.6. The first-order chi connectivity index (χ1) is 15.6. The van der Waals surface area contributed by atoms with Gasteiger partial charge in [0.05, 0.1) is 26.9 Å². The van der Waals surface area contributed by atoms with Crippen LogP contribution in [0.15, 0.2) is 96.7 Å². The maximum Gasteiger partial charge on any atom is 0.119 e. The van der Waals surface area contributed by atoms with Gasteiger partial charge in [0, 0.05) is 17.1 Å². The zero-order valence-electron chi connectivity index (χ0n) is 18.6. The monoisotopic (exact) mass is 428 g/mol. The summed E-state index contributed by atoms with van der Waals surface area (Å²) in [6.07, 6.45) is 7.01. The van der Waals surface area contributed by atoms with Crippen LogP contribution < -0.4 is 24.8 Å². The minimum atomic E-state index is -0.568. The predicted molar refractivity (Wildman–Crippen MR) is 129 cm³/mol. The molecular weight excluding hydrogens is 400 g/mol. The van der Waals surface area contributed by atoms with E-state index in [0.29, 0.717) is 6.42 Å². The highest BCUT2D eigenvalue weighted by atomic mass is 16.5. The van der Waals surface area contributed by atoms with Gasteiger partial charge in [0.1, 0.15) is 17.2 Å². The number of rotatable bonds is 7. The third-order valence-corrected chi connectivity index (χ3v) is 5.75. The van der Waals surface area contributed by atoms with Crippen LogP contribution in [-0.2, 0) is 5.54 Å². The van der Waals surface area contributed by atoms with Crippen LogP contribution in [0.4, 0.5) is 11.4 Å². The van der Waals surface area contributed by atoms with Crippen LogP contribution in [0.25, 0.3) is 0 Å². The Morgan fingerprint density at radius 3 is 1.50 bits per heavy atom.